The van der Waals surface area contributed by atoms with Gasteiger partial charge in [0.2, 0.25) is 0 Å². The van der Waals surface area contributed by atoms with Crippen molar-refractivity contribution in [1.29, 1.82) is 0 Å². The largest absolute Gasteiger partial charge is 0.361 e. The number of nitrogens with one attached hydrogen (secondary N) is 3. The molecule has 4 rings (SSSR count). The van der Waals surface area contributed by atoms with Gasteiger partial charge < -0.3 is 15.0 Å². The van der Waals surface area contributed by atoms with Crippen LogP contribution in [0.25, 0.3) is 0 Å². The zero-order valence-electron chi connectivity index (χ0n) is 21.9. The van der Waals surface area contributed by atoms with Crippen LogP contribution in [0.2, 0.25) is 0 Å². The zero-order valence-corrected chi connectivity index (χ0v) is 21.9. The van der Waals surface area contributed by atoms with E-state index in [4.69, 9.17) is 9.98 Å². The fourth-order valence-corrected chi connectivity index (χ4v) is 4.69. The van der Waals surface area contributed by atoms with E-state index in [0.29, 0.717) is 0 Å². The molecule has 3 N–H and O–H groups in total. The van der Waals surface area contributed by atoms with Gasteiger partial charge in [-0.15, -0.1) is 0 Å². The van der Waals surface area contributed by atoms with Gasteiger partial charge in [-0.05, 0) is 93.5 Å². The summed E-state index contributed by atoms with van der Waals surface area (Å²) >= 11 is 0. The highest BCUT2D eigenvalue weighted by atomic mass is 15.0. The van der Waals surface area contributed by atoms with Crippen molar-refractivity contribution in [2.24, 2.45) is 4.99 Å². The number of hydrogen-bond donors (Lipinski definition) is 3. The van der Waals surface area contributed by atoms with Gasteiger partial charge in [0.25, 0.3) is 0 Å². The Morgan fingerprint density at radius 1 is 0.636 bits per heavy atom. The standard InChI is InChI=1S/C28H39N5/c1-11-18-26(5,6)19-12-13-20(31-19)27(7,8)21-14-15-22(32-21)28(9,10)23-16-29-24(33-23)25(3,4)17(2)30-18/h11-16,31-32H,1-10H3,(H,29,33)/b18-11-,30-17?. The van der Waals surface area contributed by atoms with E-state index in [1.165, 1.54) is 17.1 Å². The Morgan fingerprint density at radius 3 is 1.58 bits per heavy atom. The summed E-state index contributed by atoms with van der Waals surface area (Å²) in [5.74, 6) is 0.932. The highest BCUT2D eigenvalue weighted by Crippen LogP contribution is 2.39. The molecular weight excluding hydrogens is 406 g/mol. The molecule has 0 amide bonds. The minimum Gasteiger partial charge on any atom is -0.361 e. The van der Waals surface area contributed by atoms with Crippen LogP contribution in [0.4, 0.5) is 0 Å². The number of imidazole rings is 1. The summed E-state index contributed by atoms with van der Waals surface area (Å²) in [5.41, 5.74) is 6.81. The second-order valence-electron chi connectivity index (χ2n) is 11.6. The average molecular weight is 446 g/mol. The van der Waals surface area contributed by atoms with Crippen molar-refractivity contribution >= 4 is 5.71 Å². The van der Waals surface area contributed by atoms with E-state index >= 15 is 0 Å². The fraction of sp³-hybridized carbons (Fsp3) is 0.500. The van der Waals surface area contributed by atoms with Crippen molar-refractivity contribution in [1.82, 2.24) is 19.9 Å². The lowest BCUT2D eigenvalue weighted by Crippen LogP contribution is -2.31. The number of aromatic amines is 3. The summed E-state index contributed by atoms with van der Waals surface area (Å²) in [6.07, 6.45) is 4.10. The summed E-state index contributed by atoms with van der Waals surface area (Å²) in [4.78, 5) is 21.1. The monoisotopic (exact) mass is 445 g/mol. The van der Waals surface area contributed by atoms with Crippen molar-refractivity contribution in [2.75, 3.05) is 0 Å². The lowest BCUT2D eigenvalue weighted by atomic mass is 9.83. The first-order chi connectivity index (χ1) is 15.2. The predicted molar refractivity (Wildman–Crippen MR) is 137 cm³/mol. The molecule has 176 valence electrons. The van der Waals surface area contributed by atoms with Gasteiger partial charge in [-0.3, -0.25) is 4.99 Å². The molecule has 3 aromatic rings. The summed E-state index contributed by atoms with van der Waals surface area (Å²) in [5, 5.41) is 0. The smallest absolute Gasteiger partial charge is 0.117 e. The van der Waals surface area contributed by atoms with Crippen molar-refractivity contribution in [2.45, 2.75) is 90.9 Å². The van der Waals surface area contributed by atoms with Crippen molar-refractivity contribution in [3.8, 4) is 0 Å². The van der Waals surface area contributed by atoms with Crippen LogP contribution in [-0.2, 0) is 21.7 Å². The SMILES string of the molecule is C/C=C1\N=C(C)C(C)(C)c2ncc([nH]2)C(C)(C)c2ccc([nH]2)C(C)(C)c2ccc([nH]2)C1(C)C. The van der Waals surface area contributed by atoms with Gasteiger partial charge in [-0.2, -0.15) is 0 Å². The van der Waals surface area contributed by atoms with E-state index in [9.17, 15) is 0 Å². The Morgan fingerprint density at radius 2 is 1.09 bits per heavy atom. The van der Waals surface area contributed by atoms with Crippen LogP contribution in [0.1, 0.15) is 104 Å². The predicted octanol–water partition coefficient (Wildman–Crippen LogP) is 6.65. The number of aromatic nitrogens is 4. The molecule has 0 aromatic carbocycles. The maximum atomic E-state index is 5.17. The van der Waals surface area contributed by atoms with E-state index in [1.807, 2.05) is 6.20 Å². The molecule has 4 heterocycles. The van der Waals surface area contributed by atoms with Crippen molar-refractivity contribution in [3.05, 3.63) is 76.5 Å². The number of hydrogen-bond acceptors (Lipinski definition) is 2. The van der Waals surface area contributed by atoms with Gasteiger partial charge >= 0.3 is 0 Å². The summed E-state index contributed by atoms with van der Waals surface area (Å²) in [6.45, 7) is 22.0. The van der Waals surface area contributed by atoms with Crippen LogP contribution < -0.4 is 0 Å². The Bertz CT molecular complexity index is 1240. The lowest BCUT2D eigenvalue weighted by molar-refractivity contribution is 0.554. The van der Waals surface area contributed by atoms with Crippen molar-refractivity contribution < 1.29 is 0 Å². The molecule has 0 radical (unpaired) electrons. The molecule has 0 unspecified atom stereocenters. The first-order valence-electron chi connectivity index (χ1n) is 11.9. The maximum Gasteiger partial charge on any atom is 0.117 e. The van der Waals surface area contributed by atoms with E-state index in [-0.39, 0.29) is 21.7 Å². The molecule has 3 aromatic heterocycles. The number of nitrogens with zero attached hydrogens (tertiary/aromatic N) is 2. The minimum atomic E-state index is -0.334. The molecule has 0 saturated carbocycles. The quantitative estimate of drug-likeness (QED) is 0.356. The fourth-order valence-electron chi connectivity index (χ4n) is 4.69. The van der Waals surface area contributed by atoms with Gasteiger partial charge in [0.1, 0.15) is 5.82 Å². The second kappa shape index (κ2) is 7.34. The van der Waals surface area contributed by atoms with Crippen LogP contribution in [0.15, 0.2) is 47.2 Å². The molecule has 0 fully saturated rings. The third kappa shape index (κ3) is 3.53. The molecule has 1 aliphatic rings. The number of aliphatic imine (C=N–C) groups is 1. The van der Waals surface area contributed by atoms with Gasteiger partial charge in [0.05, 0.1) is 5.41 Å². The van der Waals surface area contributed by atoms with Gasteiger partial charge in [0.15, 0.2) is 0 Å². The molecular formula is C28H39N5. The topological polar surface area (TPSA) is 72.6 Å². The Balaban J connectivity index is 1.99. The van der Waals surface area contributed by atoms with E-state index in [0.717, 1.165) is 28.6 Å². The molecule has 0 atom stereocenters. The normalized spacial score (nSPS) is 22.2. The van der Waals surface area contributed by atoms with E-state index in [1.54, 1.807) is 0 Å². The highest BCUT2D eigenvalue weighted by Gasteiger charge is 2.36. The Labute approximate surface area is 198 Å². The molecule has 5 nitrogen and oxygen atoms in total. The van der Waals surface area contributed by atoms with Crippen LogP contribution >= 0.6 is 0 Å². The second-order valence-corrected chi connectivity index (χ2v) is 11.6. The maximum absolute atomic E-state index is 5.17. The van der Waals surface area contributed by atoms with E-state index in [2.05, 4.69) is 115 Å². The van der Waals surface area contributed by atoms with Gasteiger partial charge in [0, 0.05) is 62.3 Å². The average Bonchev–Trinajstić information content (AvgIpc) is 3.50. The molecule has 6 bridgehead atoms. The Kier molecular flexibility index (Phi) is 5.19. The number of allylic oxidation sites excluding steroid dienone is 2. The number of H-pyrrole nitrogens is 3. The van der Waals surface area contributed by atoms with Gasteiger partial charge in [-0.1, -0.05) is 6.08 Å². The van der Waals surface area contributed by atoms with Crippen LogP contribution in [-0.4, -0.2) is 25.6 Å². The Hall–Kier alpha value is -2.82. The minimum absolute atomic E-state index is 0.198. The van der Waals surface area contributed by atoms with E-state index < -0.39 is 0 Å². The van der Waals surface area contributed by atoms with Gasteiger partial charge in [-0.25, -0.2) is 4.98 Å². The molecule has 33 heavy (non-hydrogen) atoms. The van der Waals surface area contributed by atoms with Crippen LogP contribution in [0.3, 0.4) is 0 Å². The third-order valence-electron chi connectivity index (χ3n) is 8.01. The number of fused-ring (bicyclic) bond motifs is 6. The molecule has 5 heteroatoms. The number of rotatable bonds is 0. The van der Waals surface area contributed by atoms with Crippen LogP contribution in [0.5, 0.6) is 0 Å². The first kappa shape index (κ1) is 23.3. The summed E-state index contributed by atoms with van der Waals surface area (Å²) in [6, 6.07) is 8.85. The van der Waals surface area contributed by atoms with Crippen LogP contribution in [0, 0.1) is 0 Å². The molecule has 0 saturated heterocycles. The summed E-state index contributed by atoms with van der Waals surface area (Å²) in [7, 11) is 0. The molecule has 0 aliphatic carbocycles. The summed E-state index contributed by atoms with van der Waals surface area (Å²) < 4.78 is 0. The lowest BCUT2D eigenvalue weighted by Gasteiger charge is -2.29. The zero-order chi connectivity index (χ0) is 24.4. The first-order valence-corrected chi connectivity index (χ1v) is 11.9. The van der Waals surface area contributed by atoms with Crippen molar-refractivity contribution in [3.63, 3.8) is 0 Å². The molecule has 1 aliphatic heterocycles. The highest BCUT2D eigenvalue weighted by molar-refractivity contribution is 5.92. The molecule has 0 spiro atoms. The third-order valence-corrected chi connectivity index (χ3v) is 8.01.